The lowest BCUT2D eigenvalue weighted by molar-refractivity contribution is -0.137. The molecule has 0 spiro atoms. The van der Waals surface area contributed by atoms with E-state index in [1.54, 1.807) is 12.1 Å². The summed E-state index contributed by atoms with van der Waals surface area (Å²) in [6.07, 6.45) is 3.06. The van der Waals surface area contributed by atoms with Gasteiger partial charge in [-0.1, -0.05) is 23.2 Å². The lowest BCUT2D eigenvalue weighted by Crippen LogP contribution is -2.44. The maximum Gasteiger partial charge on any atom is 0.346 e. The zero-order valence-corrected chi connectivity index (χ0v) is 20.4. The number of aromatic nitrogens is 3. The summed E-state index contributed by atoms with van der Waals surface area (Å²) >= 11 is 11.6. The topological polar surface area (TPSA) is 171 Å². The van der Waals surface area contributed by atoms with Gasteiger partial charge in [-0.25, -0.2) is 13.2 Å². The van der Waals surface area contributed by atoms with Crippen molar-refractivity contribution in [3.05, 3.63) is 103 Å². The third-order valence-electron chi connectivity index (χ3n) is 4.68. The molecule has 0 saturated carbocycles. The molecule has 4 rings (SSSR count). The van der Waals surface area contributed by atoms with Gasteiger partial charge in [-0.3, -0.25) is 23.9 Å². The number of carbonyl (C=O) groups excluding carboxylic acids is 1. The maximum absolute atomic E-state index is 12.9. The number of aliphatic carboxylic acids is 1. The summed E-state index contributed by atoms with van der Waals surface area (Å²) in [4.78, 5) is 50.4. The van der Waals surface area contributed by atoms with E-state index >= 15 is 0 Å². The Morgan fingerprint density at radius 2 is 1.53 bits per heavy atom. The van der Waals surface area contributed by atoms with Crippen molar-refractivity contribution in [1.82, 2.24) is 13.5 Å². The number of fused-ring (bicyclic) bond motifs is 1. The molecule has 0 radical (unpaired) electrons. The molecule has 11 nitrogen and oxygen atoms in total. The van der Waals surface area contributed by atoms with Gasteiger partial charge in [0.05, 0.1) is 15.8 Å². The highest BCUT2D eigenvalue weighted by Crippen LogP contribution is 2.18. The van der Waals surface area contributed by atoms with Crippen molar-refractivity contribution in [3.8, 4) is 0 Å². The van der Waals surface area contributed by atoms with Crippen molar-refractivity contribution in [2.24, 2.45) is 5.73 Å². The number of nitrogens with zero attached hydrogens (tertiary/aromatic N) is 3. The number of halogens is 2. The van der Waals surface area contributed by atoms with Gasteiger partial charge in [0.15, 0.2) is 0 Å². The molecule has 2 aromatic heterocycles. The average molecular weight is 551 g/mol. The maximum atomic E-state index is 12.9. The monoisotopic (exact) mass is 550 g/mol. The van der Waals surface area contributed by atoms with Crippen LogP contribution in [0.25, 0.3) is 10.9 Å². The highest BCUT2D eigenvalue weighted by molar-refractivity contribution is 7.90. The van der Waals surface area contributed by atoms with Crippen LogP contribution in [0.4, 0.5) is 0 Å². The fourth-order valence-corrected chi connectivity index (χ4v) is 4.65. The minimum Gasteiger partial charge on any atom is -0.480 e. The highest BCUT2D eigenvalue weighted by Gasteiger charge is 2.26. The molecule has 0 aliphatic rings. The van der Waals surface area contributed by atoms with Crippen molar-refractivity contribution >= 4 is 56.0 Å². The van der Waals surface area contributed by atoms with Gasteiger partial charge in [-0.05, 0) is 54.6 Å². The molecule has 3 N–H and O–H groups in total. The number of carboxylic acids is 1. The minimum absolute atomic E-state index is 0.0371. The minimum atomic E-state index is -4.59. The first-order valence-electron chi connectivity index (χ1n) is 9.81. The molecule has 0 atom stereocenters. The van der Waals surface area contributed by atoms with Crippen LogP contribution in [0.15, 0.2) is 81.5 Å². The molecule has 1 amide bonds. The third-order valence-corrected chi connectivity index (χ3v) is 6.84. The fraction of sp³-hybridized carbons (Fsp3) is 0.0455. The number of pyridine rings is 1. The summed E-state index contributed by atoms with van der Waals surface area (Å²) in [6, 6.07) is 11.8. The van der Waals surface area contributed by atoms with Crippen LogP contribution in [0.1, 0.15) is 10.4 Å². The van der Waals surface area contributed by atoms with Crippen molar-refractivity contribution in [2.45, 2.75) is 11.4 Å². The normalized spacial score (nSPS) is 10.9. The van der Waals surface area contributed by atoms with E-state index in [9.17, 15) is 27.6 Å². The molecule has 0 aliphatic carbocycles. The second kappa shape index (κ2) is 10.7. The Morgan fingerprint density at radius 1 is 0.944 bits per heavy atom. The van der Waals surface area contributed by atoms with Gasteiger partial charge >= 0.3 is 11.7 Å². The number of rotatable bonds is 5. The van der Waals surface area contributed by atoms with Gasteiger partial charge in [0.25, 0.3) is 15.6 Å². The third kappa shape index (κ3) is 5.62. The van der Waals surface area contributed by atoms with Crippen LogP contribution in [-0.4, -0.2) is 38.9 Å². The molecule has 2 heterocycles. The van der Waals surface area contributed by atoms with Gasteiger partial charge in [-0.2, -0.15) is 0 Å². The molecule has 186 valence electrons. The molecule has 0 unspecified atom stereocenters. The van der Waals surface area contributed by atoms with Crippen molar-refractivity contribution in [2.75, 3.05) is 0 Å². The first kappa shape index (κ1) is 26.6. The number of nitrogens with two attached hydrogens (primary N) is 1. The van der Waals surface area contributed by atoms with Crippen LogP contribution in [0.5, 0.6) is 0 Å². The van der Waals surface area contributed by atoms with Crippen molar-refractivity contribution in [1.29, 1.82) is 0 Å². The predicted octanol–water partition coefficient (Wildman–Crippen LogP) is 1.97. The molecule has 14 heteroatoms. The van der Waals surface area contributed by atoms with Crippen LogP contribution >= 0.6 is 23.2 Å². The smallest absolute Gasteiger partial charge is 0.346 e. The van der Waals surface area contributed by atoms with Gasteiger partial charge < -0.3 is 10.8 Å². The van der Waals surface area contributed by atoms with Gasteiger partial charge in [0.2, 0.25) is 5.91 Å². The Kier molecular flexibility index (Phi) is 7.93. The Hall–Kier alpha value is -4.00. The predicted molar refractivity (Wildman–Crippen MR) is 132 cm³/mol. The van der Waals surface area contributed by atoms with E-state index in [0.29, 0.717) is 10.1 Å². The van der Waals surface area contributed by atoms with E-state index in [4.69, 9.17) is 34.0 Å². The first-order valence-corrected chi connectivity index (χ1v) is 12.0. The fourth-order valence-electron chi connectivity index (χ4n) is 3.05. The summed E-state index contributed by atoms with van der Waals surface area (Å²) in [5, 5.41) is 9.33. The number of primary amides is 1. The molecule has 0 saturated heterocycles. The number of benzene rings is 2. The van der Waals surface area contributed by atoms with Crippen molar-refractivity contribution < 1.29 is 23.1 Å². The summed E-state index contributed by atoms with van der Waals surface area (Å²) < 4.78 is 26.4. The van der Waals surface area contributed by atoms with Gasteiger partial charge in [0, 0.05) is 28.0 Å². The van der Waals surface area contributed by atoms with E-state index in [0.717, 1.165) is 12.1 Å². The first-order chi connectivity index (χ1) is 16.9. The second-order valence-electron chi connectivity index (χ2n) is 7.05. The van der Waals surface area contributed by atoms with Crippen LogP contribution in [-0.2, 0) is 21.4 Å². The summed E-state index contributed by atoms with van der Waals surface area (Å²) in [5.41, 5.74) is 2.94. The molecule has 4 aromatic rings. The van der Waals surface area contributed by atoms with Gasteiger partial charge in [-0.15, -0.1) is 3.97 Å². The van der Waals surface area contributed by atoms with Crippen LogP contribution in [0.3, 0.4) is 0 Å². The van der Waals surface area contributed by atoms with Gasteiger partial charge in [0.1, 0.15) is 6.54 Å². The zero-order chi connectivity index (χ0) is 26.6. The molecule has 36 heavy (non-hydrogen) atoms. The standard InChI is InChI=1S/C16H10Cl2N2O6S.C6H6N2O/c17-9-1-4-11(5-2-9)27(25,26)20-15(23)12-6-3-10(18)7-13(12)19(16(20)24)8-14(21)22;7-6(9)5-1-3-8-4-2-5/h1-7H,8H2,(H,21,22);1-4H,(H2,7,9). The van der Waals surface area contributed by atoms with E-state index in [1.807, 2.05) is 0 Å². The molecular formula is C22H16Cl2N4O7S. The van der Waals surface area contributed by atoms with E-state index < -0.39 is 39.7 Å². The zero-order valence-electron chi connectivity index (χ0n) is 18.0. The van der Waals surface area contributed by atoms with Crippen molar-refractivity contribution in [3.63, 3.8) is 0 Å². The quantitative estimate of drug-likeness (QED) is 0.379. The number of amides is 1. The molecular weight excluding hydrogens is 535 g/mol. The molecule has 0 fully saturated rings. The Bertz CT molecular complexity index is 1680. The number of carboxylic acid groups (broad SMARTS) is 1. The largest absolute Gasteiger partial charge is 0.480 e. The lowest BCUT2D eigenvalue weighted by Gasteiger charge is -2.13. The highest BCUT2D eigenvalue weighted by atomic mass is 35.5. The van der Waals surface area contributed by atoms with E-state index in [1.165, 1.54) is 42.7 Å². The summed E-state index contributed by atoms with van der Waals surface area (Å²) in [6.45, 7) is -0.855. The molecule has 0 bridgehead atoms. The Labute approximate surface area is 213 Å². The number of carbonyl (C=O) groups is 2. The van der Waals surface area contributed by atoms with Crippen LogP contribution in [0, 0.1) is 0 Å². The number of hydrogen-bond acceptors (Lipinski definition) is 7. The molecule has 2 aromatic carbocycles. The Morgan fingerprint density at radius 3 is 2.06 bits per heavy atom. The summed E-state index contributed by atoms with van der Waals surface area (Å²) in [7, 11) is -4.59. The summed E-state index contributed by atoms with van der Waals surface area (Å²) in [5.74, 6) is -1.81. The van der Waals surface area contributed by atoms with E-state index in [-0.39, 0.29) is 29.8 Å². The molecule has 0 aliphatic heterocycles. The van der Waals surface area contributed by atoms with Crippen LogP contribution in [0.2, 0.25) is 10.0 Å². The van der Waals surface area contributed by atoms with E-state index in [2.05, 4.69) is 4.98 Å². The number of hydrogen-bond donors (Lipinski definition) is 2. The Balaban J connectivity index is 0.000000338. The van der Waals surface area contributed by atoms with Crippen LogP contribution < -0.4 is 17.0 Å². The second-order valence-corrected chi connectivity index (χ2v) is 9.71. The SMILES string of the molecule is NC(=O)c1ccncc1.O=C(O)Cn1c(=O)n(S(=O)(=O)c2ccc(Cl)cc2)c(=O)c2ccc(Cl)cc21. The average Bonchev–Trinajstić information content (AvgIpc) is 2.82. The lowest BCUT2D eigenvalue weighted by atomic mass is 10.2.